The molecular weight excluding hydrogens is 360 g/mol. The van der Waals surface area contributed by atoms with Crippen molar-refractivity contribution >= 4 is 39.3 Å². The Morgan fingerprint density at radius 3 is 2.52 bits per heavy atom. The molecule has 0 spiro atoms. The lowest BCUT2D eigenvalue weighted by Crippen LogP contribution is -2.46. The lowest BCUT2D eigenvalue weighted by molar-refractivity contribution is -0.127. The summed E-state index contributed by atoms with van der Waals surface area (Å²) in [5.74, 6) is -0.113. The van der Waals surface area contributed by atoms with Crippen LogP contribution in [0.4, 0.5) is 0 Å². The van der Waals surface area contributed by atoms with Gasteiger partial charge in [-0.3, -0.25) is 9.59 Å². The van der Waals surface area contributed by atoms with Gasteiger partial charge in [-0.2, -0.15) is 0 Å². The Bertz CT molecular complexity index is 529. The van der Waals surface area contributed by atoms with Gasteiger partial charge in [-0.05, 0) is 54.9 Å². The first-order valence-corrected chi connectivity index (χ1v) is 7.50. The van der Waals surface area contributed by atoms with E-state index in [1.54, 1.807) is 18.2 Å². The van der Waals surface area contributed by atoms with Gasteiger partial charge in [0.15, 0.2) is 6.61 Å². The van der Waals surface area contributed by atoms with Crippen molar-refractivity contribution in [3.63, 3.8) is 0 Å². The van der Waals surface area contributed by atoms with Gasteiger partial charge in [0, 0.05) is 10.6 Å². The molecule has 0 aliphatic carbocycles. The summed E-state index contributed by atoms with van der Waals surface area (Å²) in [6.07, 6.45) is 0. The van der Waals surface area contributed by atoms with E-state index in [2.05, 4.69) is 26.6 Å². The van der Waals surface area contributed by atoms with E-state index in [-0.39, 0.29) is 30.5 Å². The topological polar surface area (TPSA) is 67.4 Å². The number of rotatable bonds is 5. The summed E-state index contributed by atoms with van der Waals surface area (Å²) >= 11 is 9.09. The van der Waals surface area contributed by atoms with Gasteiger partial charge in [0.25, 0.3) is 5.91 Å². The maximum Gasteiger partial charge on any atom is 0.258 e. The molecular formula is C14H18BrClN2O3. The third kappa shape index (κ3) is 7.34. The lowest BCUT2D eigenvalue weighted by atomic mass is 10.1. The summed E-state index contributed by atoms with van der Waals surface area (Å²) in [5, 5.41) is 5.80. The van der Waals surface area contributed by atoms with Gasteiger partial charge in [0.1, 0.15) is 5.75 Å². The van der Waals surface area contributed by atoms with E-state index < -0.39 is 0 Å². The SMILES string of the molecule is CC(C)(C)NC(=O)CNC(=O)COc1ccc(Cl)cc1Br. The van der Waals surface area contributed by atoms with E-state index in [1.807, 2.05) is 20.8 Å². The molecule has 2 N–H and O–H groups in total. The second-order valence-electron chi connectivity index (χ2n) is 5.44. The van der Waals surface area contributed by atoms with Crippen LogP contribution in [-0.2, 0) is 9.59 Å². The zero-order chi connectivity index (χ0) is 16.0. The first-order chi connectivity index (χ1) is 9.67. The minimum absolute atomic E-state index is 0.0821. The molecule has 1 rings (SSSR count). The predicted molar refractivity (Wildman–Crippen MR) is 85.6 cm³/mol. The Kier molecular flexibility index (Phi) is 6.48. The number of carbonyl (C=O) groups is 2. The quantitative estimate of drug-likeness (QED) is 0.828. The molecule has 5 nitrogen and oxygen atoms in total. The molecule has 0 saturated carbocycles. The van der Waals surface area contributed by atoms with Gasteiger partial charge in [-0.25, -0.2) is 0 Å². The summed E-state index contributed by atoms with van der Waals surface area (Å²) in [4.78, 5) is 23.1. The van der Waals surface area contributed by atoms with Crippen molar-refractivity contribution in [1.82, 2.24) is 10.6 Å². The number of ether oxygens (including phenoxy) is 1. The molecule has 1 aromatic carbocycles. The molecule has 2 amide bonds. The van der Waals surface area contributed by atoms with Gasteiger partial charge >= 0.3 is 0 Å². The molecule has 0 unspecified atom stereocenters. The second-order valence-corrected chi connectivity index (χ2v) is 6.73. The van der Waals surface area contributed by atoms with E-state index in [1.165, 1.54) is 0 Å². The van der Waals surface area contributed by atoms with Crippen molar-refractivity contribution in [3.05, 3.63) is 27.7 Å². The maximum atomic E-state index is 11.6. The summed E-state index contributed by atoms with van der Waals surface area (Å²) in [7, 11) is 0. The van der Waals surface area contributed by atoms with Gasteiger partial charge in [-0.15, -0.1) is 0 Å². The predicted octanol–water partition coefficient (Wildman–Crippen LogP) is 2.51. The van der Waals surface area contributed by atoms with Crippen molar-refractivity contribution in [3.8, 4) is 5.75 Å². The summed E-state index contributed by atoms with van der Waals surface area (Å²) in [5.41, 5.74) is -0.327. The van der Waals surface area contributed by atoms with Crippen molar-refractivity contribution in [2.24, 2.45) is 0 Å². The Balaban J connectivity index is 2.36. The van der Waals surface area contributed by atoms with Gasteiger partial charge in [0.05, 0.1) is 11.0 Å². The average Bonchev–Trinajstić information content (AvgIpc) is 2.33. The summed E-state index contributed by atoms with van der Waals surface area (Å²) in [6.45, 7) is 5.35. The summed E-state index contributed by atoms with van der Waals surface area (Å²) < 4.78 is 6.00. The molecule has 0 aliphatic heterocycles. The monoisotopic (exact) mass is 376 g/mol. The van der Waals surface area contributed by atoms with Gasteiger partial charge in [0.2, 0.25) is 5.91 Å². The number of carbonyl (C=O) groups excluding carboxylic acids is 2. The first kappa shape index (κ1) is 17.8. The Labute approximate surface area is 137 Å². The Morgan fingerprint density at radius 1 is 1.29 bits per heavy atom. The molecule has 21 heavy (non-hydrogen) atoms. The first-order valence-electron chi connectivity index (χ1n) is 6.33. The zero-order valence-electron chi connectivity index (χ0n) is 12.1. The van der Waals surface area contributed by atoms with E-state index in [4.69, 9.17) is 16.3 Å². The van der Waals surface area contributed by atoms with Crippen LogP contribution in [0.1, 0.15) is 20.8 Å². The van der Waals surface area contributed by atoms with Crippen molar-refractivity contribution in [2.75, 3.05) is 13.2 Å². The second kappa shape index (κ2) is 7.66. The van der Waals surface area contributed by atoms with Crippen LogP contribution in [0.15, 0.2) is 22.7 Å². The maximum absolute atomic E-state index is 11.6. The Hall–Kier alpha value is -1.27. The molecule has 0 fully saturated rings. The van der Waals surface area contributed by atoms with E-state index >= 15 is 0 Å². The largest absolute Gasteiger partial charge is 0.483 e. The molecule has 0 aromatic heterocycles. The molecule has 7 heteroatoms. The third-order valence-corrected chi connectivity index (χ3v) is 3.07. The van der Waals surface area contributed by atoms with Crippen LogP contribution in [-0.4, -0.2) is 30.5 Å². The minimum atomic E-state index is -0.374. The van der Waals surface area contributed by atoms with Crippen LogP contribution in [0.25, 0.3) is 0 Å². The van der Waals surface area contributed by atoms with Crippen LogP contribution >= 0.6 is 27.5 Å². The van der Waals surface area contributed by atoms with Crippen LogP contribution < -0.4 is 15.4 Å². The highest BCUT2D eigenvalue weighted by molar-refractivity contribution is 9.10. The highest BCUT2D eigenvalue weighted by Crippen LogP contribution is 2.27. The van der Waals surface area contributed by atoms with Gasteiger partial charge in [-0.1, -0.05) is 11.6 Å². The van der Waals surface area contributed by atoms with Crippen molar-refractivity contribution < 1.29 is 14.3 Å². The smallest absolute Gasteiger partial charge is 0.258 e. The molecule has 1 aromatic rings. The van der Waals surface area contributed by atoms with E-state index in [9.17, 15) is 9.59 Å². The molecule has 0 saturated heterocycles. The van der Waals surface area contributed by atoms with Crippen molar-refractivity contribution in [2.45, 2.75) is 26.3 Å². The standard InChI is InChI=1S/C14H18BrClN2O3/c1-14(2,3)18-12(19)7-17-13(20)8-21-11-5-4-9(16)6-10(11)15/h4-6H,7-8H2,1-3H3,(H,17,20)(H,18,19). The number of amides is 2. The van der Waals surface area contributed by atoms with Crippen LogP contribution in [0, 0.1) is 0 Å². The van der Waals surface area contributed by atoms with Crippen LogP contribution in [0.3, 0.4) is 0 Å². The highest BCUT2D eigenvalue weighted by atomic mass is 79.9. The van der Waals surface area contributed by atoms with Crippen LogP contribution in [0.2, 0.25) is 5.02 Å². The normalized spacial score (nSPS) is 10.9. The zero-order valence-corrected chi connectivity index (χ0v) is 14.5. The van der Waals surface area contributed by atoms with E-state index in [0.29, 0.717) is 15.2 Å². The van der Waals surface area contributed by atoms with Crippen molar-refractivity contribution in [1.29, 1.82) is 0 Å². The fourth-order valence-electron chi connectivity index (χ4n) is 1.43. The lowest BCUT2D eigenvalue weighted by Gasteiger charge is -2.20. The molecule has 0 radical (unpaired) electrons. The molecule has 0 heterocycles. The fraction of sp³-hybridized carbons (Fsp3) is 0.429. The van der Waals surface area contributed by atoms with Crippen LogP contribution in [0.5, 0.6) is 5.75 Å². The third-order valence-electron chi connectivity index (χ3n) is 2.21. The molecule has 0 atom stereocenters. The molecule has 116 valence electrons. The highest BCUT2D eigenvalue weighted by Gasteiger charge is 2.14. The fourth-order valence-corrected chi connectivity index (χ4v) is 2.23. The van der Waals surface area contributed by atoms with Gasteiger partial charge < -0.3 is 15.4 Å². The summed E-state index contributed by atoms with van der Waals surface area (Å²) in [6, 6.07) is 4.99. The van der Waals surface area contributed by atoms with E-state index in [0.717, 1.165) is 0 Å². The number of nitrogens with one attached hydrogen (secondary N) is 2. The number of hydrogen-bond donors (Lipinski definition) is 2. The number of halogens is 2. The molecule has 0 bridgehead atoms. The average molecular weight is 378 g/mol. The number of hydrogen-bond acceptors (Lipinski definition) is 3. The minimum Gasteiger partial charge on any atom is -0.483 e. The Morgan fingerprint density at radius 2 is 1.95 bits per heavy atom. The molecule has 0 aliphatic rings. The number of benzene rings is 1.